The van der Waals surface area contributed by atoms with E-state index in [0.29, 0.717) is 0 Å². The van der Waals surface area contributed by atoms with Crippen molar-refractivity contribution in [2.75, 3.05) is 18.1 Å². The standard InChI is InChI=1S/C15H22FNS/c1-11-3-4-14(9-15(11)16)12(2)17-10-13-5-7-18-8-6-13/h3-4,9,12-13,17H,5-8,10H2,1-2H3. The van der Waals surface area contributed by atoms with E-state index in [-0.39, 0.29) is 11.9 Å². The van der Waals surface area contributed by atoms with Crippen LogP contribution in [-0.2, 0) is 0 Å². The van der Waals surface area contributed by atoms with E-state index in [0.717, 1.165) is 23.6 Å². The average molecular weight is 267 g/mol. The highest BCUT2D eigenvalue weighted by Gasteiger charge is 2.15. The van der Waals surface area contributed by atoms with Gasteiger partial charge < -0.3 is 5.32 Å². The number of thioether (sulfide) groups is 1. The molecule has 18 heavy (non-hydrogen) atoms. The molecule has 1 N–H and O–H groups in total. The minimum absolute atomic E-state index is 0.102. The molecule has 1 heterocycles. The summed E-state index contributed by atoms with van der Waals surface area (Å²) in [7, 11) is 0. The lowest BCUT2D eigenvalue weighted by Crippen LogP contribution is -2.28. The third-order valence-electron chi connectivity index (χ3n) is 3.75. The van der Waals surface area contributed by atoms with Crippen molar-refractivity contribution >= 4 is 11.8 Å². The Balaban J connectivity index is 1.86. The van der Waals surface area contributed by atoms with E-state index in [1.165, 1.54) is 24.3 Å². The summed E-state index contributed by atoms with van der Waals surface area (Å²) >= 11 is 2.06. The van der Waals surface area contributed by atoms with Gasteiger partial charge in [0.05, 0.1) is 0 Å². The van der Waals surface area contributed by atoms with Gasteiger partial charge in [0, 0.05) is 6.04 Å². The van der Waals surface area contributed by atoms with Crippen LogP contribution in [0.25, 0.3) is 0 Å². The van der Waals surface area contributed by atoms with Gasteiger partial charge in [-0.05, 0) is 67.9 Å². The van der Waals surface area contributed by atoms with Crippen LogP contribution in [0.5, 0.6) is 0 Å². The second kappa shape index (κ2) is 6.58. The lowest BCUT2D eigenvalue weighted by molar-refractivity contribution is 0.420. The van der Waals surface area contributed by atoms with Crippen LogP contribution in [-0.4, -0.2) is 18.1 Å². The van der Waals surface area contributed by atoms with Gasteiger partial charge in [-0.3, -0.25) is 0 Å². The van der Waals surface area contributed by atoms with Gasteiger partial charge in [0.15, 0.2) is 0 Å². The fourth-order valence-electron chi connectivity index (χ4n) is 2.29. The van der Waals surface area contributed by atoms with Gasteiger partial charge in [-0.1, -0.05) is 12.1 Å². The van der Waals surface area contributed by atoms with E-state index < -0.39 is 0 Å². The Morgan fingerprint density at radius 2 is 2.11 bits per heavy atom. The van der Waals surface area contributed by atoms with Crippen LogP contribution in [0.2, 0.25) is 0 Å². The van der Waals surface area contributed by atoms with Crippen molar-refractivity contribution in [2.45, 2.75) is 32.7 Å². The van der Waals surface area contributed by atoms with Crippen molar-refractivity contribution in [1.29, 1.82) is 0 Å². The summed E-state index contributed by atoms with van der Waals surface area (Å²) in [6.45, 7) is 4.97. The molecule has 1 aliphatic heterocycles. The van der Waals surface area contributed by atoms with Gasteiger partial charge in [0.25, 0.3) is 0 Å². The van der Waals surface area contributed by atoms with Crippen molar-refractivity contribution in [3.63, 3.8) is 0 Å². The van der Waals surface area contributed by atoms with Gasteiger partial charge >= 0.3 is 0 Å². The first-order valence-electron chi connectivity index (χ1n) is 6.74. The molecule has 1 saturated heterocycles. The Kier molecular flexibility index (Phi) is 5.07. The number of halogens is 1. The van der Waals surface area contributed by atoms with Gasteiger partial charge in [0.2, 0.25) is 0 Å². The number of rotatable bonds is 4. The monoisotopic (exact) mass is 267 g/mol. The molecule has 0 saturated carbocycles. The molecule has 1 nitrogen and oxygen atoms in total. The van der Waals surface area contributed by atoms with Gasteiger partial charge in [-0.25, -0.2) is 4.39 Å². The van der Waals surface area contributed by atoms with E-state index in [4.69, 9.17) is 0 Å². The van der Waals surface area contributed by atoms with Crippen LogP contribution >= 0.6 is 11.8 Å². The lowest BCUT2D eigenvalue weighted by Gasteiger charge is -2.24. The predicted molar refractivity (Wildman–Crippen MR) is 77.6 cm³/mol. The van der Waals surface area contributed by atoms with Crippen LogP contribution in [0.4, 0.5) is 4.39 Å². The number of hydrogen-bond donors (Lipinski definition) is 1. The van der Waals surface area contributed by atoms with Crippen molar-refractivity contribution in [3.8, 4) is 0 Å². The Hall–Kier alpha value is -0.540. The Morgan fingerprint density at radius 3 is 2.78 bits per heavy atom. The molecule has 100 valence electrons. The normalized spacial score (nSPS) is 18.8. The zero-order valence-electron chi connectivity index (χ0n) is 11.2. The lowest BCUT2D eigenvalue weighted by atomic mass is 10.0. The second-order valence-corrected chi connectivity index (χ2v) is 6.42. The SMILES string of the molecule is Cc1ccc(C(C)NCC2CCSCC2)cc1F. The van der Waals surface area contributed by atoms with Crippen LogP contribution < -0.4 is 5.32 Å². The quantitative estimate of drug-likeness (QED) is 0.887. The van der Waals surface area contributed by atoms with Gasteiger partial charge in [0.1, 0.15) is 5.82 Å². The second-order valence-electron chi connectivity index (χ2n) is 5.19. The molecular weight excluding hydrogens is 245 g/mol. The predicted octanol–water partition coefficient (Wildman–Crippen LogP) is 3.93. The highest BCUT2D eigenvalue weighted by atomic mass is 32.2. The van der Waals surface area contributed by atoms with E-state index in [2.05, 4.69) is 24.0 Å². The maximum absolute atomic E-state index is 13.5. The zero-order chi connectivity index (χ0) is 13.0. The first kappa shape index (κ1) is 13.9. The molecule has 3 heteroatoms. The highest BCUT2D eigenvalue weighted by molar-refractivity contribution is 7.99. The number of benzene rings is 1. The summed E-state index contributed by atoms with van der Waals surface area (Å²) in [5.41, 5.74) is 1.76. The Labute approximate surface area is 114 Å². The minimum atomic E-state index is -0.102. The first-order valence-corrected chi connectivity index (χ1v) is 7.89. The van der Waals surface area contributed by atoms with Crippen LogP contribution in [0, 0.1) is 18.7 Å². The molecule has 0 spiro atoms. The summed E-state index contributed by atoms with van der Waals surface area (Å²) in [6, 6.07) is 5.77. The Bertz CT molecular complexity index is 388. The van der Waals surface area contributed by atoms with Crippen molar-refractivity contribution in [2.24, 2.45) is 5.92 Å². The zero-order valence-corrected chi connectivity index (χ0v) is 12.0. The maximum atomic E-state index is 13.5. The number of hydrogen-bond acceptors (Lipinski definition) is 2. The molecule has 0 radical (unpaired) electrons. The molecule has 1 aromatic carbocycles. The van der Waals surface area contributed by atoms with Gasteiger partial charge in [-0.15, -0.1) is 0 Å². The molecule has 0 aromatic heterocycles. The van der Waals surface area contributed by atoms with E-state index >= 15 is 0 Å². The molecule has 1 atom stereocenters. The molecule has 1 aromatic rings. The highest BCUT2D eigenvalue weighted by Crippen LogP contribution is 2.23. The molecule has 0 aliphatic carbocycles. The van der Waals surface area contributed by atoms with Crippen molar-refractivity contribution in [1.82, 2.24) is 5.32 Å². The minimum Gasteiger partial charge on any atom is -0.310 e. The molecule has 0 amide bonds. The van der Waals surface area contributed by atoms with Gasteiger partial charge in [-0.2, -0.15) is 11.8 Å². The molecular formula is C15H22FNS. The van der Waals surface area contributed by atoms with Crippen LogP contribution in [0.1, 0.15) is 36.9 Å². The molecule has 1 unspecified atom stereocenters. The largest absolute Gasteiger partial charge is 0.310 e. The summed E-state index contributed by atoms with van der Waals surface area (Å²) in [6.07, 6.45) is 2.62. The van der Waals surface area contributed by atoms with E-state index in [1.54, 1.807) is 13.0 Å². The number of aryl methyl sites for hydroxylation is 1. The summed E-state index contributed by atoms with van der Waals surface area (Å²) < 4.78 is 13.5. The molecule has 1 fully saturated rings. The Morgan fingerprint density at radius 1 is 1.39 bits per heavy atom. The van der Waals surface area contributed by atoms with Crippen molar-refractivity contribution < 1.29 is 4.39 Å². The fourth-order valence-corrected chi connectivity index (χ4v) is 3.49. The molecule has 0 bridgehead atoms. The summed E-state index contributed by atoms with van der Waals surface area (Å²) in [5.74, 6) is 3.28. The van der Waals surface area contributed by atoms with Crippen LogP contribution in [0.3, 0.4) is 0 Å². The van der Waals surface area contributed by atoms with E-state index in [9.17, 15) is 4.39 Å². The smallest absolute Gasteiger partial charge is 0.126 e. The fraction of sp³-hybridized carbons (Fsp3) is 0.600. The topological polar surface area (TPSA) is 12.0 Å². The number of nitrogens with one attached hydrogen (secondary N) is 1. The maximum Gasteiger partial charge on any atom is 0.126 e. The third-order valence-corrected chi connectivity index (χ3v) is 4.80. The summed E-state index contributed by atoms with van der Waals surface area (Å²) in [5, 5.41) is 3.54. The average Bonchev–Trinajstić information content (AvgIpc) is 2.40. The summed E-state index contributed by atoms with van der Waals surface area (Å²) in [4.78, 5) is 0. The van der Waals surface area contributed by atoms with Crippen LogP contribution in [0.15, 0.2) is 18.2 Å². The molecule has 1 aliphatic rings. The third kappa shape index (κ3) is 3.72. The molecule has 2 rings (SSSR count). The first-order chi connectivity index (χ1) is 8.66. The van der Waals surface area contributed by atoms with E-state index in [1.807, 2.05) is 12.1 Å². The van der Waals surface area contributed by atoms with Crippen molar-refractivity contribution in [3.05, 3.63) is 35.1 Å².